The number of nitrogens with zero attached hydrogens (tertiary/aromatic N) is 4. The van der Waals surface area contributed by atoms with Crippen LogP contribution in [-0.2, 0) is 6.54 Å². The highest BCUT2D eigenvalue weighted by molar-refractivity contribution is 7.11. The Morgan fingerprint density at radius 1 is 1.31 bits per heavy atom. The molecule has 0 radical (unpaired) electrons. The molecule has 0 unspecified atom stereocenters. The highest BCUT2D eigenvalue weighted by Gasteiger charge is 2.02. The van der Waals surface area contributed by atoms with Gasteiger partial charge in [0.2, 0.25) is 0 Å². The van der Waals surface area contributed by atoms with Gasteiger partial charge in [0.1, 0.15) is 26.8 Å². The first kappa shape index (κ1) is 11.2. The minimum atomic E-state index is 0.434. The number of anilines is 1. The molecule has 16 heavy (non-hydrogen) atoms. The molecule has 5 nitrogen and oxygen atoms in total. The molecular weight excluding hydrogens is 246 g/mol. The summed E-state index contributed by atoms with van der Waals surface area (Å²) in [6.45, 7) is 4.32. The molecule has 2 rings (SSSR count). The van der Waals surface area contributed by atoms with E-state index in [1.54, 1.807) is 24.3 Å². The third kappa shape index (κ3) is 2.86. The Labute approximate surface area is 102 Å². The maximum Gasteiger partial charge on any atom is 0.136 e. The lowest BCUT2D eigenvalue weighted by molar-refractivity contribution is 0.957. The van der Waals surface area contributed by atoms with E-state index in [0.29, 0.717) is 23.3 Å². The fourth-order valence-electron chi connectivity index (χ4n) is 1.20. The quantitative estimate of drug-likeness (QED) is 0.852. The van der Waals surface area contributed by atoms with Gasteiger partial charge in [-0.25, -0.2) is 9.97 Å². The van der Waals surface area contributed by atoms with Crippen molar-refractivity contribution in [1.82, 2.24) is 20.2 Å². The van der Waals surface area contributed by atoms with Crippen LogP contribution in [0.4, 0.5) is 5.82 Å². The second-order valence-corrected chi connectivity index (χ2v) is 4.84. The summed E-state index contributed by atoms with van der Waals surface area (Å²) in [5.74, 6) is 1.34. The zero-order chi connectivity index (χ0) is 11.5. The Hall–Kier alpha value is -1.27. The van der Waals surface area contributed by atoms with Crippen LogP contribution in [-0.4, -0.2) is 20.2 Å². The zero-order valence-corrected chi connectivity index (χ0v) is 10.4. The van der Waals surface area contributed by atoms with Gasteiger partial charge in [0.25, 0.3) is 0 Å². The molecular formula is C9H10ClN5S. The molecule has 0 fully saturated rings. The predicted molar refractivity (Wildman–Crippen MR) is 63.8 cm³/mol. The molecule has 0 aromatic carbocycles. The standard InChI is InChI=1S/C9H10ClN5S/c1-5-12-7(10)3-8(13-5)11-4-9-15-14-6(2)16-9/h3H,4H2,1-2H3,(H,11,12,13). The van der Waals surface area contributed by atoms with Crippen LogP contribution in [0.3, 0.4) is 0 Å². The Balaban J connectivity index is 2.04. The molecule has 0 saturated carbocycles. The second-order valence-electron chi connectivity index (χ2n) is 3.19. The highest BCUT2D eigenvalue weighted by atomic mass is 35.5. The van der Waals surface area contributed by atoms with E-state index in [1.165, 1.54) is 0 Å². The molecule has 2 aromatic rings. The first-order valence-corrected chi connectivity index (χ1v) is 5.87. The average Bonchev–Trinajstić information content (AvgIpc) is 2.60. The fourth-order valence-corrected chi connectivity index (χ4v) is 2.07. The van der Waals surface area contributed by atoms with Crippen molar-refractivity contribution in [3.8, 4) is 0 Å². The number of hydrogen-bond acceptors (Lipinski definition) is 6. The number of aromatic nitrogens is 4. The van der Waals surface area contributed by atoms with Crippen LogP contribution >= 0.6 is 22.9 Å². The van der Waals surface area contributed by atoms with Crippen molar-refractivity contribution < 1.29 is 0 Å². The summed E-state index contributed by atoms with van der Waals surface area (Å²) in [7, 11) is 0. The summed E-state index contributed by atoms with van der Waals surface area (Å²) < 4.78 is 0. The lowest BCUT2D eigenvalue weighted by atomic mass is 10.5. The van der Waals surface area contributed by atoms with Crippen molar-refractivity contribution in [3.05, 3.63) is 27.1 Å². The van der Waals surface area contributed by atoms with E-state index in [0.717, 1.165) is 10.0 Å². The Kier molecular flexibility index (Phi) is 3.31. The van der Waals surface area contributed by atoms with Crippen LogP contribution < -0.4 is 5.32 Å². The fraction of sp³-hybridized carbons (Fsp3) is 0.333. The maximum atomic E-state index is 5.82. The van der Waals surface area contributed by atoms with Crippen molar-refractivity contribution in [3.63, 3.8) is 0 Å². The van der Waals surface area contributed by atoms with E-state index in [9.17, 15) is 0 Å². The van der Waals surface area contributed by atoms with Crippen LogP contribution in [0.1, 0.15) is 15.8 Å². The molecule has 2 aromatic heterocycles. The maximum absolute atomic E-state index is 5.82. The third-order valence-electron chi connectivity index (χ3n) is 1.80. The van der Waals surface area contributed by atoms with E-state index < -0.39 is 0 Å². The highest BCUT2D eigenvalue weighted by Crippen LogP contribution is 2.13. The van der Waals surface area contributed by atoms with Gasteiger partial charge in [0, 0.05) is 6.07 Å². The summed E-state index contributed by atoms with van der Waals surface area (Å²) >= 11 is 7.37. The zero-order valence-electron chi connectivity index (χ0n) is 8.86. The monoisotopic (exact) mass is 255 g/mol. The second kappa shape index (κ2) is 4.71. The molecule has 0 aliphatic heterocycles. The lowest BCUT2D eigenvalue weighted by Gasteiger charge is -2.03. The van der Waals surface area contributed by atoms with Gasteiger partial charge in [0.05, 0.1) is 6.54 Å². The smallest absolute Gasteiger partial charge is 0.136 e. The van der Waals surface area contributed by atoms with Gasteiger partial charge >= 0.3 is 0 Å². The van der Waals surface area contributed by atoms with Crippen molar-refractivity contribution in [2.75, 3.05) is 5.32 Å². The van der Waals surface area contributed by atoms with Gasteiger partial charge < -0.3 is 5.32 Å². The molecule has 0 amide bonds. The van der Waals surface area contributed by atoms with E-state index in [1.807, 2.05) is 6.92 Å². The molecule has 0 aliphatic rings. The molecule has 0 spiro atoms. The van der Waals surface area contributed by atoms with Gasteiger partial charge in [-0.15, -0.1) is 10.2 Å². The molecule has 0 saturated heterocycles. The summed E-state index contributed by atoms with van der Waals surface area (Å²) in [5, 5.41) is 13.4. The van der Waals surface area contributed by atoms with E-state index in [2.05, 4.69) is 25.5 Å². The van der Waals surface area contributed by atoms with E-state index in [4.69, 9.17) is 11.6 Å². The summed E-state index contributed by atoms with van der Waals surface area (Å²) in [4.78, 5) is 8.19. The SMILES string of the molecule is Cc1nc(Cl)cc(NCc2nnc(C)s2)n1. The van der Waals surface area contributed by atoms with Crippen LogP contribution in [0.15, 0.2) is 6.07 Å². The summed E-state index contributed by atoms with van der Waals surface area (Å²) in [6.07, 6.45) is 0. The molecule has 0 atom stereocenters. The minimum Gasteiger partial charge on any atom is -0.363 e. The van der Waals surface area contributed by atoms with Crippen molar-refractivity contribution in [1.29, 1.82) is 0 Å². The van der Waals surface area contributed by atoms with Crippen LogP contribution in [0.5, 0.6) is 0 Å². The number of rotatable bonds is 3. The van der Waals surface area contributed by atoms with E-state index in [-0.39, 0.29) is 0 Å². The largest absolute Gasteiger partial charge is 0.363 e. The summed E-state index contributed by atoms with van der Waals surface area (Å²) in [5.41, 5.74) is 0. The number of nitrogens with one attached hydrogen (secondary N) is 1. The van der Waals surface area contributed by atoms with Gasteiger partial charge in [-0.2, -0.15) is 0 Å². The summed E-state index contributed by atoms with van der Waals surface area (Å²) in [6, 6.07) is 1.68. The van der Waals surface area contributed by atoms with E-state index >= 15 is 0 Å². The molecule has 2 heterocycles. The first-order chi connectivity index (χ1) is 7.63. The number of halogens is 1. The minimum absolute atomic E-state index is 0.434. The van der Waals surface area contributed by atoms with Crippen LogP contribution in [0, 0.1) is 13.8 Å². The Bertz CT molecular complexity index is 478. The first-order valence-electron chi connectivity index (χ1n) is 4.67. The van der Waals surface area contributed by atoms with Crippen molar-refractivity contribution in [2.24, 2.45) is 0 Å². The topological polar surface area (TPSA) is 63.6 Å². The number of aryl methyl sites for hydroxylation is 2. The third-order valence-corrected chi connectivity index (χ3v) is 2.83. The molecule has 0 bridgehead atoms. The van der Waals surface area contributed by atoms with Crippen molar-refractivity contribution in [2.45, 2.75) is 20.4 Å². The lowest BCUT2D eigenvalue weighted by Crippen LogP contribution is -2.02. The Morgan fingerprint density at radius 2 is 2.12 bits per heavy atom. The predicted octanol–water partition coefficient (Wildman–Crippen LogP) is 2.21. The van der Waals surface area contributed by atoms with Gasteiger partial charge in [-0.1, -0.05) is 22.9 Å². The van der Waals surface area contributed by atoms with Crippen molar-refractivity contribution >= 4 is 28.8 Å². The molecule has 7 heteroatoms. The molecule has 1 N–H and O–H groups in total. The van der Waals surface area contributed by atoms with Gasteiger partial charge in [-0.05, 0) is 13.8 Å². The average molecular weight is 256 g/mol. The number of hydrogen-bond donors (Lipinski definition) is 1. The van der Waals surface area contributed by atoms with Gasteiger partial charge in [0.15, 0.2) is 0 Å². The van der Waals surface area contributed by atoms with Gasteiger partial charge in [-0.3, -0.25) is 0 Å². The van der Waals surface area contributed by atoms with Crippen LogP contribution in [0.25, 0.3) is 0 Å². The molecule has 84 valence electrons. The normalized spacial score (nSPS) is 10.4. The molecule has 0 aliphatic carbocycles. The Morgan fingerprint density at radius 3 is 2.75 bits per heavy atom. The van der Waals surface area contributed by atoms with Crippen LogP contribution in [0.2, 0.25) is 5.15 Å².